The first-order valence-electron chi connectivity index (χ1n) is 15.8. The summed E-state index contributed by atoms with van der Waals surface area (Å²) < 4.78 is 34.6. The molecule has 2 N–H and O–H groups in total. The van der Waals surface area contributed by atoms with Crippen LogP contribution in [0.15, 0.2) is 109 Å². The summed E-state index contributed by atoms with van der Waals surface area (Å²) in [6.07, 6.45) is -0.742. The Morgan fingerprint density at radius 1 is 0.521 bits per heavy atom. The molecule has 0 bridgehead atoms. The fraction of sp³-hybridized carbons (Fsp3) is 0.316. The van der Waals surface area contributed by atoms with Gasteiger partial charge in [0.05, 0.1) is 27.4 Å². The van der Waals surface area contributed by atoms with Crippen molar-refractivity contribution in [3.63, 3.8) is 0 Å². The number of para-hydroxylation sites is 4. The first-order chi connectivity index (χ1) is 23.4. The van der Waals surface area contributed by atoms with Gasteiger partial charge in [0.2, 0.25) is 0 Å². The van der Waals surface area contributed by atoms with Gasteiger partial charge in [-0.1, -0.05) is 84.9 Å². The van der Waals surface area contributed by atoms with Crippen LogP contribution in [0.4, 0.5) is 0 Å². The number of esters is 2. The van der Waals surface area contributed by atoms with E-state index in [2.05, 4.69) is 10.6 Å². The van der Waals surface area contributed by atoms with E-state index in [9.17, 15) is 9.59 Å². The van der Waals surface area contributed by atoms with E-state index >= 15 is 0 Å². The third-order valence-electron chi connectivity index (χ3n) is 7.79. The maximum atomic E-state index is 13.3. The molecule has 0 aliphatic rings. The van der Waals surface area contributed by atoms with E-state index in [1.165, 1.54) is 0 Å². The van der Waals surface area contributed by atoms with Crippen molar-refractivity contribution in [3.05, 3.63) is 120 Å². The van der Waals surface area contributed by atoms with Crippen LogP contribution in [0.5, 0.6) is 23.0 Å². The summed E-state index contributed by atoms with van der Waals surface area (Å²) in [5.41, 5.74) is 2.03. The molecule has 4 atom stereocenters. The summed E-state index contributed by atoms with van der Waals surface area (Å²) in [6, 6.07) is 34.2. The molecule has 0 aromatic heterocycles. The first kappa shape index (κ1) is 35.8. The molecule has 0 amide bonds. The zero-order valence-electron chi connectivity index (χ0n) is 27.8. The van der Waals surface area contributed by atoms with Crippen molar-refractivity contribution in [1.82, 2.24) is 10.6 Å². The number of benzene rings is 4. The minimum Gasteiger partial charge on any atom is -0.493 e. The highest BCUT2D eigenvalue weighted by molar-refractivity contribution is 6.29. The SMILES string of the molecule is CNC(OC(=O)C(=O)OC(NC)C(COc1ccccc1OC)Cc1ccccc1)C(COc1ccccc1OC)Cc1ccccc1. The second-order valence-corrected chi connectivity index (χ2v) is 11.1. The summed E-state index contributed by atoms with van der Waals surface area (Å²) >= 11 is 0. The number of hydrogen-bond donors (Lipinski definition) is 2. The lowest BCUT2D eigenvalue weighted by Crippen LogP contribution is -2.46. The Morgan fingerprint density at radius 2 is 0.854 bits per heavy atom. The van der Waals surface area contributed by atoms with Crippen molar-refractivity contribution < 1.29 is 38.0 Å². The van der Waals surface area contributed by atoms with Gasteiger partial charge in [0, 0.05) is 11.8 Å². The van der Waals surface area contributed by atoms with Gasteiger partial charge < -0.3 is 28.4 Å². The van der Waals surface area contributed by atoms with Crippen LogP contribution in [0.2, 0.25) is 0 Å². The summed E-state index contributed by atoms with van der Waals surface area (Å²) in [5.74, 6) is -0.752. The fourth-order valence-corrected chi connectivity index (χ4v) is 5.32. The van der Waals surface area contributed by atoms with Crippen molar-refractivity contribution in [2.45, 2.75) is 25.3 Å². The van der Waals surface area contributed by atoms with Crippen LogP contribution in [0.3, 0.4) is 0 Å². The predicted molar refractivity (Wildman–Crippen MR) is 182 cm³/mol. The molecule has 0 aliphatic carbocycles. The molecule has 4 aromatic rings. The molecule has 254 valence electrons. The molecular formula is C38H44N2O8. The summed E-state index contributed by atoms with van der Waals surface area (Å²) in [5, 5.41) is 6.07. The number of hydrogen-bond acceptors (Lipinski definition) is 10. The van der Waals surface area contributed by atoms with Crippen LogP contribution < -0.4 is 29.6 Å². The molecule has 4 aromatic carbocycles. The van der Waals surface area contributed by atoms with E-state index in [1.807, 2.05) is 84.9 Å². The zero-order valence-corrected chi connectivity index (χ0v) is 27.8. The van der Waals surface area contributed by atoms with Crippen LogP contribution in [-0.2, 0) is 31.9 Å². The van der Waals surface area contributed by atoms with Gasteiger partial charge in [-0.15, -0.1) is 0 Å². The molecule has 10 nitrogen and oxygen atoms in total. The van der Waals surface area contributed by atoms with Crippen molar-refractivity contribution in [3.8, 4) is 23.0 Å². The minimum absolute atomic E-state index is 0.168. The molecular weight excluding hydrogens is 612 g/mol. The number of rotatable bonds is 18. The molecule has 0 radical (unpaired) electrons. The lowest BCUT2D eigenvalue weighted by atomic mass is 9.98. The van der Waals surface area contributed by atoms with Crippen molar-refractivity contribution in [2.24, 2.45) is 11.8 Å². The van der Waals surface area contributed by atoms with Crippen LogP contribution in [0.25, 0.3) is 0 Å². The quantitative estimate of drug-likeness (QED) is 0.0857. The number of carbonyl (C=O) groups excluding carboxylic acids is 2. The summed E-state index contributed by atoms with van der Waals surface area (Å²) in [7, 11) is 6.46. The third kappa shape index (κ3) is 10.5. The highest BCUT2D eigenvalue weighted by Gasteiger charge is 2.33. The fourth-order valence-electron chi connectivity index (χ4n) is 5.32. The molecule has 0 fully saturated rings. The molecule has 0 spiro atoms. The highest BCUT2D eigenvalue weighted by Crippen LogP contribution is 2.28. The third-order valence-corrected chi connectivity index (χ3v) is 7.79. The number of carbonyl (C=O) groups is 2. The van der Waals surface area contributed by atoms with Gasteiger partial charge in [0.15, 0.2) is 35.5 Å². The van der Waals surface area contributed by atoms with Gasteiger partial charge in [-0.25, -0.2) is 9.59 Å². The second-order valence-electron chi connectivity index (χ2n) is 11.1. The minimum atomic E-state index is -1.13. The Labute approximate surface area is 282 Å². The Hall–Kier alpha value is -5.06. The summed E-state index contributed by atoms with van der Waals surface area (Å²) in [6.45, 7) is 0.337. The molecule has 4 unspecified atom stereocenters. The zero-order chi connectivity index (χ0) is 34.1. The number of ether oxygens (including phenoxy) is 6. The van der Waals surface area contributed by atoms with E-state index in [0.29, 0.717) is 35.8 Å². The Kier molecular flexibility index (Phi) is 14.1. The second kappa shape index (κ2) is 18.9. The van der Waals surface area contributed by atoms with Gasteiger partial charge in [0.25, 0.3) is 0 Å². The largest absolute Gasteiger partial charge is 0.493 e. The summed E-state index contributed by atoms with van der Waals surface area (Å²) in [4.78, 5) is 26.5. The molecule has 0 saturated heterocycles. The molecule has 0 heterocycles. The van der Waals surface area contributed by atoms with E-state index in [1.54, 1.807) is 52.6 Å². The van der Waals surface area contributed by atoms with Crippen LogP contribution in [0, 0.1) is 11.8 Å². The van der Waals surface area contributed by atoms with E-state index in [0.717, 1.165) is 11.1 Å². The normalized spacial score (nSPS) is 13.3. The standard InChI is InChI=1S/C38H44N2O8/c1-39-35(29(23-27-15-7-5-8-16-27)25-45-33-21-13-11-19-31(33)43-3)47-37(41)38(42)48-36(40-2)30(24-28-17-9-6-10-18-28)26-46-34-22-14-12-20-32(34)44-4/h5-22,29-30,35-36,39-40H,23-26H2,1-4H3. The van der Waals surface area contributed by atoms with E-state index in [4.69, 9.17) is 28.4 Å². The molecule has 0 aliphatic heterocycles. The highest BCUT2D eigenvalue weighted by atomic mass is 16.6. The van der Waals surface area contributed by atoms with Gasteiger partial charge in [-0.2, -0.15) is 0 Å². The molecule has 0 saturated carbocycles. The number of nitrogens with one attached hydrogen (secondary N) is 2. The van der Waals surface area contributed by atoms with Crippen LogP contribution in [-0.4, -0.2) is 65.9 Å². The van der Waals surface area contributed by atoms with Crippen molar-refractivity contribution in [1.29, 1.82) is 0 Å². The topological polar surface area (TPSA) is 114 Å². The van der Waals surface area contributed by atoms with Crippen molar-refractivity contribution >= 4 is 11.9 Å². The van der Waals surface area contributed by atoms with Crippen LogP contribution in [0.1, 0.15) is 11.1 Å². The average Bonchev–Trinajstić information content (AvgIpc) is 3.14. The Bertz CT molecular complexity index is 1440. The Morgan fingerprint density at radius 3 is 1.19 bits per heavy atom. The number of methoxy groups -OCH3 is 2. The monoisotopic (exact) mass is 656 g/mol. The predicted octanol–water partition coefficient (Wildman–Crippen LogP) is 5.06. The maximum Gasteiger partial charge on any atom is 0.419 e. The van der Waals surface area contributed by atoms with E-state index < -0.39 is 24.4 Å². The van der Waals surface area contributed by atoms with Gasteiger partial charge in [-0.05, 0) is 62.3 Å². The van der Waals surface area contributed by atoms with Gasteiger partial charge >= 0.3 is 11.9 Å². The van der Waals surface area contributed by atoms with Gasteiger partial charge in [0.1, 0.15) is 0 Å². The smallest absolute Gasteiger partial charge is 0.419 e. The van der Waals surface area contributed by atoms with Crippen molar-refractivity contribution in [2.75, 3.05) is 41.5 Å². The van der Waals surface area contributed by atoms with Crippen LogP contribution >= 0.6 is 0 Å². The lowest BCUT2D eigenvalue weighted by Gasteiger charge is -2.29. The Balaban J connectivity index is 1.47. The maximum absolute atomic E-state index is 13.3. The van der Waals surface area contributed by atoms with E-state index in [-0.39, 0.29) is 25.0 Å². The van der Waals surface area contributed by atoms with Gasteiger partial charge in [-0.3, -0.25) is 10.6 Å². The average molecular weight is 657 g/mol. The molecule has 48 heavy (non-hydrogen) atoms. The molecule has 10 heteroatoms. The lowest BCUT2D eigenvalue weighted by molar-refractivity contribution is -0.180. The first-order valence-corrected chi connectivity index (χ1v) is 15.8. The molecule has 4 rings (SSSR count).